The van der Waals surface area contributed by atoms with Crippen molar-refractivity contribution in [3.05, 3.63) is 28.5 Å². The van der Waals surface area contributed by atoms with Crippen LogP contribution in [-0.4, -0.2) is 10.2 Å². The first kappa shape index (κ1) is 9.91. The number of nitrogen functional groups attached to an aromatic ring is 1. The summed E-state index contributed by atoms with van der Waals surface area (Å²) in [5.41, 5.74) is 5.85. The van der Waals surface area contributed by atoms with Gasteiger partial charge in [-0.05, 0) is 34.1 Å². The molecule has 0 aliphatic carbocycles. The second-order valence-corrected chi connectivity index (χ2v) is 3.55. The van der Waals surface area contributed by atoms with Crippen molar-refractivity contribution in [2.45, 2.75) is 0 Å². The number of hydrogen-bond acceptors (Lipinski definition) is 5. The van der Waals surface area contributed by atoms with Crippen LogP contribution in [0.15, 0.2) is 27.1 Å². The molecule has 0 amide bonds. The minimum Gasteiger partial charge on any atom is -0.389 e. The normalized spacial score (nSPS) is 10.3. The number of hydrogen-bond donors (Lipinski definition) is 2. The van der Waals surface area contributed by atoms with Gasteiger partial charge in [-0.15, -0.1) is 0 Å². The van der Waals surface area contributed by atoms with E-state index in [9.17, 15) is 4.39 Å². The lowest BCUT2D eigenvalue weighted by Crippen LogP contribution is -1.91. The molecule has 78 valence electrons. The zero-order valence-corrected chi connectivity index (χ0v) is 8.95. The SMILES string of the molecule is Nc1nnc(Nc2ccc(F)c(Br)c2)o1. The Morgan fingerprint density at radius 2 is 2.20 bits per heavy atom. The first-order valence-electron chi connectivity index (χ1n) is 3.96. The Morgan fingerprint density at radius 1 is 1.40 bits per heavy atom. The molecule has 2 aromatic rings. The van der Waals surface area contributed by atoms with Gasteiger partial charge in [-0.1, -0.05) is 10.2 Å². The van der Waals surface area contributed by atoms with E-state index in [1.807, 2.05) is 0 Å². The van der Waals surface area contributed by atoms with Crippen LogP contribution in [0.3, 0.4) is 0 Å². The molecule has 0 radical (unpaired) electrons. The number of aromatic nitrogens is 2. The lowest BCUT2D eigenvalue weighted by atomic mass is 10.3. The highest BCUT2D eigenvalue weighted by atomic mass is 79.9. The van der Waals surface area contributed by atoms with Crippen LogP contribution in [0.2, 0.25) is 0 Å². The van der Waals surface area contributed by atoms with Crippen molar-refractivity contribution >= 4 is 33.6 Å². The van der Waals surface area contributed by atoms with Crippen molar-refractivity contribution in [2.24, 2.45) is 0 Å². The molecule has 0 unspecified atom stereocenters. The van der Waals surface area contributed by atoms with E-state index >= 15 is 0 Å². The van der Waals surface area contributed by atoms with Gasteiger partial charge in [-0.3, -0.25) is 0 Å². The maximum atomic E-state index is 12.9. The van der Waals surface area contributed by atoms with Crippen molar-refractivity contribution < 1.29 is 8.81 Å². The molecule has 0 aliphatic heterocycles. The molecule has 1 aromatic heterocycles. The molecule has 15 heavy (non-hydrogen) atoms. The van der Waals surface area contributed by atoms with Crippen LogP contribution in [0.5, 0.6) is 0 Å². The fourth-order valence-corrected chi connectivity index (χ4v) is 1.36. The van der Waals surface area contributed by atoms with Crippen molar-refractivity contribution in [1.29, 1.82) is 0 Å². The third-order valence-corrected chi connectivity index (χ3v) is 2.22. The molecule has 0 atom stereocenters. The molecule has 2 rings (SSSR count). The van der Waals surface area contributed by atoms with Gasteiger partial charge in [0.1, 0.15) is 5.82 Å². The lowest BCUT2D eigenvalue weighted by Gasteiger charge is -2.01. The molecule has 7 heteroatoms. The standard InChI is InChI=1S/C8H6BrFN4O/c9-5-3-4(1-2-6(5)10)12-8-14-13-7(11)15-8/h1-3H,(H2,11,13)(H,12,14). The summed E-state index contributed by atoms with van der Waals surface area (Å²) in [6.07, 6.45) is 0. The van der Waals surface area contributed by atoms with Crippen LogP contribution in [0, 0.1) is 5.82 Å². The van der Waals surface area contributed by atoms with Gasteiger partial charge >= 0.3 is 12.0 Å². The minimum atomic E-state index is -0.342. The van der Waals surface area contributed by atoms with Crippen LogP contribution < -0.4 is 11.1 Å². The molecule has 0 bridgehead atoms. The van der Waals surface area contributed by atoms with Crippen LogP contribution in [-0.2, 0) is 0 Å². The summed E-state index contributed by atoms with van der Waals surface area (Å²) >= 11 is 3.06. The summed E-state index contributed by atoms with van der Waals surface area (Å²) in [5, 5.41) is 9.84. The zero-order valence-electron chi connectivity index (χ0n) is 7.37. The van der Waals surface area contributed by atoms with Crippen LogP contribution in [0.4, 0.5) is 22.1 Å². The summed E-state index contributed by atoms with van der Waals surface area (Å²) < 4.78 is 18.1. The molecule has 3 N–H and O–H groups in total. The monoisotopic (exact) mass is 272 g/mol. The quantitative estimate of drug-likeness (QED) is 0.877. The highest BCUT2D eigenvalue weighted by Crippen LogP contribution is 2.22. The Morgan fingerprint density at radius 3 is 2.80 bits per heavy atom. The molecular weight excluding hydrogens is 267 g/mol. The second-order valence-electron chi connectivity index (χ2n) is 2.70. The molecule has 0 saturated carbocycles. The summed E-state index contributed by atoms with van der Waals surface area (Å²) in [7, 11) is 0. The Kier molecular flexibility index (Phi) is 2.55. The van der Waals surface area contributed by atoms with E-state index in [-0.39, 0.29) is 17.8 Å². The lowest BCUT2D eigenvalue weighted by molar-refractivity contribution is 0.593. The van der Waals surface area contributed by atoms with Crippen molar-refractivity contribution in [3.63, 3.8) is 0 Å². The molecular formula is C8H6BrFN4O. The first-order valence-corrected chi connectivity index (χ1v) is 4.75. The second kappa shape index (κ2) is 3.85. The fraction of sp³-hybridized carbons (Fsp3) is 0. The summed E-state index contributed by atoms with van der Waals surface area (Å²) in [6, 6.07) is 4.53. The van der Waals surface area contributed by atoms with E-state index in [1.165, 1.54) is 6.07 Å². The molecule has 0 spiro atoms. The van der Waals surface area contributed by atoms with Crippen LogP contribution in [0.1, 0.15) is 0 Å². The van der Waals surface area contributed by atoms with E-state index in [4.69, 9.17) is 10.2 Å². The Labute approximate surface area is 92.6 Å². The average Bonchev–Trinajstić information content (AvgIpc) is 2.58. The van der Waals surface area contributed by atoms with Gasteiger partial charge < -0.3 is 15.5 Å². The summed E-state index contributed by atoms with van der Waals surface area (Å²) in [6.45, 7) is 0. The zero-order chi connectivity index (χ0) is 10.8. The molecule has 1 aromatic carbocycles. The van der Waals surface area contributed by atoms with Crippen molar-refractivity contribution in [3.8, 4) is 0 Å². The van der Waals surface area contributed by atoms with E-state index in [0.29, 0.717) is 10.2 Å². The van der Waals surface area contributed by atoms with Gasteiger partial charge in [0.2, 0.25) is 0 Å². The highest BCUT2D eigenvalue weighted by molar-refractivity contribution is 9.10. The number of anilines is 3. The summed E-state index contributed by atoms with van der Waals surface area (Å²) in [5.74, 6) is -0.342. The maximum Gasteiger partial charge on any atom is 0.321 e. The smallest absolute Gasteiger partial charge is 0.321 e. The van der Waals surface area contributed by atoms with E-state index < -0.39 is 0 Å². The predicted molar refractivity (Wildman–Crippen MR) is 56.1 cm³/mol. The number of nitrogens with zero attached hydrogens (tertiary/aromatic N) is 2. The van der Waals surface area contributed by atoms with Gasteiger partial charge in [0.15, 0.2) is 0 Å². The largest absolute Gasteiger partial charge is 0.389 e. The number of benzene rings is 1. The highest BCUT2D eigenvalue weighted by Gasteiger charge is 2.04. The van der Waals surface area contributed by atoms with E-state index in [1.54, 1.807) is 12.1 Å². The minimum absolute atomic E-state index is 0.0290. The summed E-state index contributed by atoms with van der Waals surface area (Å²) in [4.78, 5) is 0. The third-order valence-electron chi connectivity index (χ3n) is 1.61. The van der Waals surface area contributed by atoms with Gasteiger partial charge in [0, 0.05) is 5.69 Å². The van der Waals surface area contributed by atoms with Gasteiger partial charge in [0.05, 0.1) is 4.47 Å². The topological polar surface area (TPSA) is 77.0 Å². The molecule has 5 nitrogen and oxygen atoms in total. The maximum absolute atomic E-state index is 12.9. The first-order chi connectivity index (χ1) is 7.15. The molecule has 0 fully saturated rings. The molecule has 0 saturated heterocycles. The van der Waals surface area contributed by atoms with Crippen LogP contribution >= 0.6 is 15.9 Å². The number of nitrogens with two attached hydrogens (primary N) is 1. The van der Waals surface area contributed by atoms with Gasteiger partial charge in [-0.25, -0.2) is 4.39 Å². The predicted octanol–water partition coefficient (Wildman–Crippen LogP) is 2.30. The Bertz CT molecular complexity index is 487. The Balaban J connectivity index is 2.21. The van der Waals surface area contributed by atoms with E-state index in [0.717, 1.165) is 0 Å². The number of rotatable bonds is 2. The Hall–Kier alpha value is -1.63. The third kappa shape index (κ3) is 2.24. The number of halogens is 2. The number of nitrogens with one attached hydrogen (secondary N) is 1. The molecule has 1 heterocycles. The van der Waals surface area contributed by atoms with Gasteiger partial charge in [0.25, 0.3) is 0 Å². The van der Waals surface area contributed by atoms with Gasteiger partial charge in [-0.2, -0.15) is 0 Å². The average molecular weight is 273 g/mol. The fourth-order valence-electron chi connectivity index (χ4n) is 0.982. The van der Waals surface area contributed by atoms with Crippen molar-refractivity contribution in [1.82, 2.24) is 10.2 Å². The van der Waals surface area contributed by atoms with E-state index in [2.05, 4.69) is 31.4 Å². The molecule has 0 aliphatic rings. The van der Waals surface area contributed by atoms with Crippen LogP contribution in [0.25, 0.3) is 0 Å². The van der Waals surface area contributed by atoms with Crippen molar-refractivity contribution in [2.75, 3.05) is 11.1 Å².